The summed E-state index contributed by atoms with van der Waals surface area (Å²) in [6.45, 7) is 6.92. The van der Waals surface area contributed by atoms with E-state index in [4.69, 9.17) is 4.42 Å². The smallest absolute Gasteiger partial charge is 0.311 e. The van der Waals surface area contributed by atoms with Crippen LogP contribution >= 0.6 is 0 Å². The first kappa shape index (κ1) is 15.2. The van der Waals surface area contributed by atoms with Crippen LogP contribution in [0.25, 0.3) is 0 Å². The van der Waals surface area contributed by atoms with Gasteiger partial charge in [0.1, 0.15) is 0 Å². The molecule has 0 N–H and O–H groups in total. The highest BCUT2D eigenvalue weighted by atomic mass is 16.4. The van der Waals surface area contributed by atoms with Gasteiger partial charge in [0.2, 0.25) is 5.89 Å². The van der Waals surface area contributed by atoms with E-state index in [0.29, 0.717) is 24.4 Å². The molecule has 2 saturated heterocycles. The van der Waals surface area contributed by atoms with Gasteiger partial charge < -0.3 is 9.32 Å². The molecule has 3 heterocycles. The number of allylic oxidation sites excluding steroid dienone is 2. The van der Waals surface area contributed by atoms with Crippen LogP contribution in [0.5, 0.6) is 0 Å². The van der Waals surface area contributed by atoms with E-state index >= 15 is 0 Å². The second kappa shape index (κ2) is 6.60. The number of amides is 1. The summed E-state index contributed by atoms with van der Waals surface area (Å²) in [7, 11) is 0. The molecule has 2 aliphatic heterocycles. The van der Waals surface area contributed by atoms with Crippen molar-refractivity contribution in [3.05, 3.63) is 23.9 Å². The zero-order chi connectivity index (χ0) is 15.5. The molecule has 1 aromatic heterocycles. The molecule has 0 spiro atoms. The highest BCUT2D eigenvalue weighted by Gasteiger charge is 2.39. The van der Waals surface area contributed by atoms with Gasteiger partial charge in [-0.05, 0) is 33.2 Å². The van der Waals surface area contributed by atoms with E-state index in [1.807, 2.05) is 19.1 Å². The monoisotopic (exact) mass is 304 g/mol. The molecule has 0 bridgehead atoms. The molecule has 0 aromatic carbocycles. The Morgan fingerprint density at radius 2 is 2.18 bits per heavy atom. The van der Waals surface area contributed by atoms with Crippen molar-refractivity contribution >= 4 is 5.91 Å². The predicted molar refractivity (Wildman–Crippen MR) is 82.5 cm³/mol. The second-order valence-corrected chi connectivity index (χ2v) is 6.22. The molecular formula is C16H24N4O2. The molecule has 0 aliphatic carbocycles. The lowest BCUT2D eigenvalue weighted by atomic mass is 9.97. The van der Waals surface area contributed by atoms with E-state index < -0.39 is 0 Å². The van der Waals surface area contributed by atoms with Crippen LogP contribution in [0.2, 0.25) is 0 Å². The molecule has 6 heteroatoms. The fourth-order valence-electron chi connectivity index (χ4n) is 3.27. The van der Waals surface area contributed by atoms with Gasteiger partial charge in [0.15, 0.2) is 0 Å². The highest BCUT2D eigenvalue weighted by molar-refractivity contribution is 5.90. The van der Waals surface area contributed by atoms with Gasteiger partial charge >= 0.3 is 11.8 Å². The van der Waals surface area contributed by atoms with Crippen molar-refractivity contribution in [3.63, 3.8) is 0 Å². The van der Waals surface area contributed by atoms with Crippen LogP contribution < -0.4 is 0 Å². The van der Waals surface area contributed by atoms with E-state index in [9.17, 15) is 4.79 Å². The van der Waals surface area contributed by atoms with Crippen LogP contribution in [0.15, 0.2) is 16.6 Å². The molecule has 3 rings (SSSR count). The number of likely N-dealkylation sites (tertiary alicyclic amines) is 2. The Bertz CT molecular complexity index is 548. The van der Waals surface area contributed by atoms with Gasteiger partial charge in [-0.3, -0.25) is 9.69 Å². The summed E-state index contributed by atoms with van der Waals surface area (Å²) in [6.07, 6.45) is 8.29. The van der Waals surface area contributed by atoms with Gasteiger partial charge in [-0.1, -0.05) is 18.6 Å². The summed E-state index contributed by atoms with van der Waals surface area (Å²) in [6, 6.07) is 1.12. The van der Waals surface area contributed by atoms with Gasteiger partial charge in [0, 0.05) is 31.6 Å². The van der Waals surface area contributed by atoms with E-state index in [1.165, 1.54) is 19.3 Å². The standard InChI is InChI=1S/C16H24N4O2/c1-3-4-8-14-17-18-15(22-14)16(21)19-10-13(11-19)20-9-6-5-7-12(20)2/h3-4,12-13H,5-11H2,1-2H3. The first-order valence-corrected chi connectivity index (χ1v) is 8.17. The molecule has 1 amide bonds. The molecule has 120 valence electrons. The summed E-state index contributed by atoms with van der Waals surface area (Å²) in [4.78, 5) is 16.7. The van der Waals surface area contributed by atoms with Gasteiger partial charge in [0.05, 0.1) is 0 Å². The number of rotatable bonds is 4. The van der Waals surface area contributed by atoms with Crippen LogP contribution in [0.4, 0.5) is 0 Å². The van der Waals surface area contributed by atoms with Gasteiger partial charge in [0.25, 0.3) is 0 Å². The molecule has 1 atom stereocenters. The number of hydrogen-bond donors (Lipinski definition) is 0. The Morgan fingerprint density at radius 3 is 2.91 bits per heavy atom. The molecule has 1 aromatic rings. The molecule has 1 unspecified atom stereocenters. The summed E-state index contributed by atoms with van der Waals surface area (Å²) in [5.41, 5.74) is 0. The summed E-state index contributed by atoms with van der Waals surface area (Å²) in [5.74, 6) is 0.466. The van der Waals surface area contributed by atoms with E-state index in [1.54, 1.807) is 4.90 Å². The zero-order valence-corrected chi connectivity index (χ0v) is 13.4. The van der Waals surface area contributed by atoms with Crippen molar-refractivity contribution in [2.45, 2.75) is 51.6 Å². The van der Waals surface area contributed by atoms with Gasteiger partial charge in [-0.2, -0.15) is 0 Å². The molecule has 0 saturated carbocycles. The highest BCUT2D eigenvalue weighted by Crippen LogP contribution is 2.25. The maximum Gasteiger partial charge on any atom is 0.311 e. The number of hydrogen-bond acceptors (Lipinski definition) is 5. The maximum atomic E-state index is 12.3. The molecule has 22 heavy (non-hydrogen) atoms. The van der Waals surface area contributed by atoms with Crippen LogP contribution in [0, 0.1) is 0 Å². The Labute approximate surface area is 131 Å². The lowest BCUT2D eigenvalue weighted by Gasteiger charge is -2.48. The minimum absolute atomic E-state index is 0.115. The quantitative estimate of drug-likeness (QED) is 0.795. The number of piperidine rings is 1. The molecule has 2 aliphatic rings. The third kappa shape index (κ3) is 3.06. The van der Waals surface area contributed by atoms with Gasteiger partial charge in [-0.25, -0.2) is 0 Å². The Kier molecular flexibility index (Phi) is 4.57. The average molecular weight is 304 g/mol. The van der Waals surface area contributed by atoms with Crippen LogP contribution in [0.3, 0.4) is 0 Å². The first-order valence-electron chi connectivity index (χ1n) is 8.17. The number of aromatic nitrogens is 2. The molecule has 6 nitrogen and oxygen atoms in total. The summed E-state index contributed by atoms with van der Waals surface area (Å²) < 4.78 is 5.43. The van der Waals surface area contributed by atoms with Crippen molar-refractivity contribution in [1.82, 2.24) is 20.0 Å². The van der Waals surface area contributed by atoms with E-state index in [2.05, 4.69) is 22.0 Å². The SMILES string of the molecule is CC=CCc1nnc(C(=O)N2CC(N3CCCCC3C)C2)o1. The zero-order valence-electron chi connectivity index (χ0n) is 13.4. The van der Waals surface area contributed by atoms with Crippen molar-refractivity contribution in [3.8, 4) is 0 Å². The number of carbonyl (C=O) groups is 1. The molecule has 2 fully saturated rings. The lowest BCUT2D eigenvalue weighted by molar-refractivity contribution is 0.0000365. The second-order valence-electron chi connectivity index (χ2n) is 6.22. The third-order valence-electron chi connectivity index (χ3n) is 4.65. The Balaban J connectivity index is 1.53. The fourth-order valence-corrected chi connectivity index (χ4v) is 3.27. The topological polar surface area (TPSA) is 62.5 Å². The van der Waals surface area contributed by atoms with Crippen molar-refractivity contribution in [1.29, 1.82) is 0 Å². The summed E-state index contributed by atoms with van der Waals surface area (Å²) in [5, 5.41) is 7.78. The van der Waals surface area contributed by atoms with Crippen LogP contribution in [0.1, 0.15) is 49.7 Å². The Morgan fingerprint density at radius 1 is 1.36 bits per heavy atom. The third-order valence-corrected chi connectivity index (χ3v) is 4.65. The summed E-state index contributed by atoms with van der Waals surface area (Å²) >= 11 is 0. The fraction of sp³-hybridized carbons (Fsp3) is 0.688. The van der Waals surface area contributed by atoms with E-state index in [-0.39, 0.29) is 11.8 Å². The molecular weight excluding hydrogens is 280 g/mol. The van der Waals surface area contributed by atoms with Crippen LogP contribution in [-0.2, 0) is 6.42 Å². The minimum Gasteiger partial charge on any atom is -0.417 e. The largest absolute Gasteiger partial charge is 0.417 e. The van der Waals surface area contributed by atoms with E-state index in [0.717, 1.165) is 19.6 Å². The Hall–Kier alpha value is -1.69. The molecule has 0 radical (unpaired) electrons. The van der Waals surface area contributed by atoms with Crippen molar-refractivity contribution < 1.29 is 9.21 Å². The van der Waals surface area contributed by atoms with Crippen LogP contribution in [-0.4, -0.2) is 57.6 Å². The van der Waals surface area contributed by atoms with Crippen molar-refractivity contribution in [2.24, 2.45) is 0 Å². The average Bonchev–Trinajstić information content (AvgIpc) is 2.94. The number of carbonyl (C=O) groups excluding carboxylic acids is 1. The maximum absolute atomic E-state index is 12.3. The predicted octanol–water partition coefficient (Wildman–Crippen LogP) is 1.89. The normalized spacial score (nSPS) is 23.9. The number of nitrogens with zero attached hydrogens (tertiary/aromatic N) is 4. The first-order chi connectivity index (χ1) is 10.7. The van der Waals surface area contributed by atoms with Gasteiger partial charge in [-0.15, -0.1) is 10.2 Å². The van der Waals surface area contributed by atoms with Crippen molar-refractivity contribution in [2.75, 3.05) is 19.6 Å². The minimum atomic E-state index is -0.139. The lowest BCUT2D eigenvalue weighted by Crippen LogP contribution is -2.63.